The van der Waals surface area contributed by atoms with Crippen LogP contribution in [-0.2, 0) is 23.2 Å². The fourth-order valence-electron chi connectivity index (χ4n) is 4.97. The first-order valence-corrected chi connectivity index (χ1v) is 15.4. The molecule has 4 aromatic carbocycles. The van der Waals surface area contributed by atoms with Crippen LogP contribution in [-0.4, -0.2) is 25.2 Å². The topological polar surface area (TPSA) is 70.0 Å². The molecule has 0 saturated heterocycles. The van der Waals surface area contributed by atoms with Gasteiger partial charge in [0.1, 0.15) is 0 Å². The van der Waals surface area contributed by atoms with Gasteiger partial charge in [0, 0.05) is 18.8 Å². The highest BCUT2D eigenvalue weighted by molar-refractivity contribution is 7.85. The zero-order valence-electron chi connectivity index (χ0n) is 23.8. The molecule has 4 aromatic rings. The average Bonchev–Trinajstić information content (AvgIpc) is 3.01. The Morgan fingerprint density at radius 1 is 0.762 bits per heavy atom. The summed E-state index contributed by atoms with van der Waals surface area (Å²) in [5.74, 6) is 0. The van der Waals surface area contributed by atoms with E-state index in [1.165, 1.54) is 28.9 Å². The maximum atomic E-state index is 11.5. The summed E-state index contributed by atoms with van der Waals surface area (Å²) < 4.78 is 32.3. The smallest absolute Gasteiger partial charge is 0.294 e. The number of anilines is 1. The molecule has 0 aromatic heterocycles. The molecule has 0 bridgehead atoms. The van der Waals surface area contributed by atoms with E-state index in [1.807, 2.05) is 18.2 Å². The molecule has 6 heteroatoms. The Labute approximate surface area is 248 Å². The summed E-state index contributed by atoms with van der Waals surface area (Å²) in [6.45, 7) is 6.34. The number of rotatable bonds is 9. The van der Waals surface area contributed by atoms with Crippen molar-refractivity contribution < 1.29 is 13.0 Å². The average molecular weight is 575 g/mol. The predicted molar refractivity (Wildman–Crippen MR) is 172 cm³/mol. The molecule has 0 amide bonds. The number of aliphatic imine (C=N–C) groups is 1. The van der Waals surface area contributed by atoms with Gasteiger partial charge < -0.3 is 4.90 Å². The van der Waals surface area contributed by atoms with Crippen LogP contribution in [0.5, 0.6) is 0 Å². The molecular formula is C36H34N2O3S. The molecule has 0 radical (unpaired) electrons. The predicted octanol–water partition coefficient (Wildman–Crippen LogP) is 7.84. The lowest BCUT2D eigenvalue weighted by atomic mass is 9.90. The third-order valence-corrected chi connectivity index (χ3v) is 8.11. The fourth-order valence-corrected chi connectivity index (χ4v) is 5.52. The summed E-state index contributed by atoms with van der Waals surface area (Å²) in [7, 11) is -4.25. The van der Waals surface area contributed by atoms with Gasteiger partial charge in [-0.15, -0.1) is 0 Å². The van der Waals surface area contributed by atoms with Crippen molar-refractivity contribution in [2.45, 2.75) is 31.8 Å². The van der Waals surface area contributed by atoms with Crippen molar-refractivity contribution in [1.82, 2.24) is 0 Å². The molecule has 0 aliphatic heterocycles. The zero-order valence-corrected chi connectivity index (χ0v) is 24.6. The lowest BCUT2D eigenvalue weighted by Crippen LogP contribution is -2.21. The van der Waals surface area contributed by atoms with Crippen LogP contribution in [0, 0.1) is 6.92 Å². The Hall–Kier alpha value is -4.52. The van der Waals surface area contributed by atoms with Gasteiger partial charge in [-0.2, -0.15) is 8.42 Å². The number of nitrogens with zero attached hydrogens (tertiary/aromatic N) is 2. The minimum absolute atomic E-state index is 0.129. The van der Waals surface area contributed by atoms with Gasteiger partial charge in [0.2, 0.25) is 0 Å². The van der Waals surface area contributed by atoms with Crippen LogP contribution in [0.25, 0.3) is 5.57 Å². The van der Waals surface area contributed by atoms with Crippen molar-refractivity contribution in [2.75, 3.05) is 11.4 Å². The Morgan fingerprint density at radius 3 is 2.00 bits per heavy atom. The van der Waals surface area contributed by atoms with E-state index in [1.54, 1.807) is 12.1 Å². The van der Waals surface area contributed by atoms with Crippen LogP contribution in [0.15, 0.2) is 143 Å². The summed E-state index contributed by atoms with van der Waals surface area (Å²) in [6.07, 6.45) is 8.10. The van der Waals surface area contributed by atoms with E-state index >= 15 is 0 Å². The molecule has 0 atom stereocenters. The molecule has 0 fully saturated rings. The SMILES string of the molecule is CCN(Cc1ccccc1)c1ccc(C(=C2C=CC(=NCc3cccc(S(=O)(=O)O)c3)C=C2)c2ccc(C)cc2)cc1. The molecule has 42 heavy (non-hydrogen) atoms. The molecule has 0 heterocycles. The summed E-state index contributed by atoms with van der Waals surface area (Å²) in [5, 5.41) is 0. The van der Waals surface area contributed by atoms with Crippen molar-refractivity contribution in [3.63, 3.8) is 0 Å². The largest absolute Gasteiger partial charge is 0.367 e. The summed E-state index contributed by atoms with van der Waals surface area (Å²) >= 11 is 0. The Morgan fingerprint density at radius 2 is 1.38 bits per heavy atom. The molecule has 1 aliphatic carbocycles. The van der Waals surface area contributed by atoms with Crippen LogP contribution in [0.4, 0.5) is 5.69 Å². The quantitative estimate of drug-likeness (QED) is 0.207. The van der Waals surface area contributed by atoms with Crippen molar-refractivity contribution in [1.29, 1.82) is 0 Å². The standard InChI is InChI=1S/C36H34N2O3S/c1-3-38(26-28-8-5-4-6-9-28)34-22-18-32(19-23-34)36(30-14-12-27(2)13-15-30)31-16-20-33(21-17-31)37-25-29-10-7-11-35(24-29)42(39,40)41/h4-24H,3,25-26H2,1-2H3,(H,39,40,41). The second-order valence-corrected chi connectivity index (χ2v) is 11.7. The normalized spacial score (nSPS) is 12.8. The van der Waals surface area contributed by atoms with Crippen LogP contribution in [0.3, 0.4) is 0 Å². The van der Waals surface area contributed by atoms with E-state index in [0.29, 0.717) is 12.1 Å². The first kappa shape index (κ1) is 29.0. The van der Waals surface area contributed by atoms with Crippen molar-refractivity contribution in [3.8, 4) is 0 Å². The van der Waals surface area contributed by atoms with Gasteiger partial charge in [-0.1, -0.05) is 96.6 Å². The van der Waals surface area contributed by atoms with E-state index in [-0.39, 0.29) is 4.90 Å². The molecule has 212 valence electrons. The Bertz CT molecular complexity index is 1750. The molecule has 1 N–H and O–H groups in total. The van der Waals surface area contributed by atoms with Crippen molar-refractivity contribution in [3.05, 3.63) is 161 Å². The highest BCUT2D eigenvalue weighted by Gasteiger charge is 2.13. The maximum absolute atomic E-state index is 11.5. The number of hydrogen-bond donors (Lipinski definition) is 1. The Kier molecular flexibility index (Phi) is 8.96. The lowest BCUT2D eigenvalue weighted by Gasteiger charge is -2.24. The van der Waals surface area contributed by atoms with Crippen molar-refractivity contribution >= 4 is 27.1 Å². The molecule has 5 rings (SSSR count). The first-order valence-electron chi connectivity index (χ1n) is 14.0. The van der Waals surface area contributed by atoms with E-state index in [4.69, 9.17) is 0 Å². The monoisotopic (exact) mass is 574 g/mol. The van der Waals surface area contributed by atoms with Crippen molar-refractivity contribution in [2.24, 2.45) is 4.99 Å². The fraction of sp³-hybridized carbons (Fsp3) is 0.139. The second kappa shape index (κ2) is 13.0. The van der Waals surface area contributed by atoms with Gasteiger partial charge >= 0.3 is 0 Å². The number of allylic oxidation sites excluding steroid dienone is 5. The molecule has 1 aliphatic rings. The number of benzene rings is 4. The third-order valence-electron chi connectivity index (χ3n) is 7.26. The summed E-state index contributed by atoms with van der Waals surface area (Å²) in [5.41, 5.74) is 9.65. The molecule has 5 nitrogen and oxygen atoms in total. The van der Waals surface area contributed by atoms with Crippen LogP contribution >= 0.6 is 0 Å². The molecule has 0 spiro atoms. The highest BCUT2D eigenvalue weighted by Crippen LogP contribution is 2.31. The highest BCUT2D eigenvalue weighted by atomic mass is 32.2. The van der Waals surface area contributed by atoms with Gasteiger partial charge in [-0.3, -0.25) is 9.55 Å². The van der Waals surface area contributed by atoms with E-state index in [2.05, 4.69) is 109 Å². The zero-order chi connectivity index (χ0) is 29.5. The number of aryl methyl sites for hydroxylation is 1. The maximum Gasteiger partial charge on any atom is 0.294 e. The van der Waals surface area contributed by atoms with E-state index < -0.39 is 10.1 Å². The summed E-state index contributed by atoms with van der Waals surface area (Å²) in [4.78, 5) is 6.88. The minimum atomic E-state index is -4.25. The molecule has 0 saturated carbocycles. The van der Waals surface area contributed by atoms with Gasteiger partial charge in [-0.05, 0) is 83.7 Å². The van der Waals surface area contributed by atoms with Crippen LogP contribution in [0.2, 0.25) is 0 Å². The van der Waals surface area contributed by atoms with E-state index in [0.717, 1.165) is 41.1 Å². The van der Waals surface area contributed by atoms with Gasteiger partial charge in [0.15, 0.2) is 0 Å². The molecule has 0 unspecified atom stereocenters. The van der Waals surface area contributed by atoms with E-state index in [9.17, 15) is 13.0 Å². The molecular weight excluding hydrogens is 540 g/mol. The van der Waals surface area contributed by atoms with Gasteiger partial charge in [0.25, 0.3) is 10.1 Å². The third kappa shape index (κ3) is 7.21. The lowest BCUT2D eigenvalue weighted by molar-refractivity contribution is 0.483. The second-order valence-electron chi connectivity index (χ2n) is 10.3. The summed E-state index contributed by atoms with van der Waals surface area (Å²) in [6, 6.07) is 34.1. The van der Waals surface area contributed by atoms with Gasteiger partial charge in [0.05, 0.1) is 17.2 Å². The van der Waals surface area contributed by atoms with Gasteiger partial charge in [-0.25, -0.2) is 0 Å². The van der Waals surface area contributed by atoms with Crippen LogP contribution in [0.1, 0.15) is 34.7 Å². The Balaban J connectivity index is 1.42. The minimum Gasteiger partial charge on any atom is -0.367 e. The van der Waals surface area contributed by atoms with Crippen LogP contribution < -0.4 is 4.90 Å². The number of hydrogen-bond acceptors (Lipinski definition) is 4. The first-order chi connectivity index (χ1) is 20.3.